The number of benzene rings is 2. The van der Waals surface area contributed by atoms with Gasteiger partial charge in [-0.2, -0.15) is 8.42 Å². The van der Waals surface area contributed by atoms with Crippen LogP contribution >= 0.6 is 0 Å². The molecular formula is C15H13NO5S. The van der Waals surface area contributed by atoms with Gasteiger partial charge in [0.25, 0.3) is 10.1 Å². The maximum Gasteiger partial charge on any atom is 0.338 e. The summed E-state index contributed by atoms with van der Waals surface area (Å²) >= 11 is 0. The van der Waals surface area contributed by atoms with Gasteiger partial charge in [0, 0.05) is 21.8 Å². The average Bonchev–Trinajstić information content (AvgIpc) is 2.83. The smallest absolute Gasteiger partial charge is 0.338 e. The minimum absolute atomic E-state index is 0.314. The first-order valence-corrected chi connectivity index (χ1v) is 8.18. The third kappa shape index (κ3) is 2.95. The molecule has 0 aliphatic carbocycles. The molecule has 7 heteroatoms. The zero-order chi connectivity index (χ0) is 15.7. The van der Waals surface area contributed by atoms with Crippen molar-refractivity contribution in [1.82, 2.24) is 4.98 Å². The highest BCUT2D eigenvalue weighted by molar-refractivity contribution is 7.85. The van der Waals surface area contributed by atoms with Gasteiger partial charge < -0.3 is 9.72 Å². The topological polar surface area (TPSA) is 96.5 Å². The van der Waals surface area contributed by atoms with E-state index < -0.39 is 21.8 Å². The lowest BCUT2D eigenvalue weighted by Crippen LogP contribution is -2.14. The molecule has 0 unspecified atom stereocenters. The van der Waals surface area contributed by atoms with Crippen LogP contribution in [0, 0.1) is 0 Å². The standard InChI is InChI=1S/C15H13NO5S/c17-15(21-7-8-22(18,19)20)10-5-6-12-11-3-1-2-4-13(11)16-14(12)9-10/h1-6,9,16H,7-8H2,(H,18,19,20). The van der Waals surface area contributed by atoms with E-state index >= 15 is 0 Å². The Morgan fingerprint density at radius 1 is 1.09 bits per heavy atom. The third-order valence-corrected chi connectivity index (χ3v) is 4.00. The van der Waals surface area contributed by atoms with E-state index in [-0.39, 0.29) is 6.61 Å². The van der Waals surface area contributed by atoms with Crippen molar-refractivity contribution in [1.29, 1.82) is 0 Å². The molecule has 0 fully saturated rings. The van der Waals surface area contributed by atoms with Gasteiger partial charge in [-0.25, -0.2) is 4.79 Å². The zero-order valence-corrected chi connectivity index (χ0v) is 12.3. The molecule has 1 aromatic heterocycles. The molecule has 22 heavy (non-hydrogen) atoms. The first-order valence-electron chi connectivity index (χ1n) is 6.57. The van der Waals surface area contributed by atoms with Gasteiger partial charge in [-0.05, 0) is 18.2 Å². The van der Waals surface area contributed by atoms with Crippen LogP contribution in [-0.4, -0.2) is 36.3 Å². The lowest BCUT2D eigenvalue weighted by atomic mass is 10.1. The quantitative estimate of drug-likeness (QED) is 0.568. The molecule has 0 saturated heterocycles. The maximum absolute atomic E-state index is 11.9. The van der Waals surface area contributed by atoms with Gasteiger partial charge in [-0.1, -0.05) is 24.3 Å². The molecule has 0 saturated carbocycles. The van der Waals surface area contributed by atoms with Gasteiger partial charge in [0.15, 0.2) is 0 Å². The largest absolute Gasteiger partial charge is 0.461 e. The number of nitrogens with one attached hydrogen (secondary N) is 1. The molecular weight excluding hydrogens is 306 g/mol. The van der Waals surface area contributed by atoms with E-state index in [2.05, 4.69) is 4.98 Å². The van der Waals surface area contributed by atoms with E-state index in [0.29, 0.717) is 5.56 Å². The summed E-state index contributed by atoms with van der Waals surface area (Å²) in [7, 11) is -4.14. The summed E-state index contributed by atoms with van der Waals surface area (Å²) < 4.78 is 34.6. The Morgan fingerprint density at radius 3 is 2.59 bits per heavy atom. The molecule has 3 aromatic rings. The Kier molecular flexibility index (Phi) is 3.59. The molecule has 0 aliphatic rings. The zero-order valence-electron chi connectivity index (χ0n) is 11.4. The second-order valence-electron chi connectivity index (χ2n) is 4.85. The van der Waals surface area contributed by atoms with Crippen LogP contribution in [0.5, 0.6) is 0 Å². The molecule has 0 bridgehead atoms. The molecule has 0 atom stereocenters. The van der Waals surface area contributed by atoms with E-state index in [4.69, 9.17) is 9.29 Å². The summed E-state index contributed by atoms with van der Waals surface area (Å²) in [6, 6.07) is 12.9. The van der Waals surface area contributed by atoms with Crippen LogP contribution in [-0.2, 0) is 14.9 Å². The summed E-state index contributed by atoms with van der Waals surface area (Å²) in [6.07, 6.45) is 0. The molecule has 114 valence electrons. The van der Waals surface area contributed by atoms with Crippen molar-refractivity contribution >= 4 is 37.9 Å². The monoisotopic (exact) mass is 319 g/mol. The number of hydrogen-bond donors (Lipinski definition) is 2. The van der Waals surface area contributed by atoms with E-state index in [1.165, 1.54) is 0 Å². The predicted molar refractivity (Wildman–Crippen MR) is 82.5 cm³/mol. The van der Waals surface area contributed by atoms with Gasteiger partial charge in [-0.15, -0.1) is 0 Å². The number of carbonyl (C=O) groups excluding carboxylic acids is 1. The number of para-hydroxylation sites is 1. The number of carbonyl (C=O) groups is 1. The molecule has 0 radical (unpaired) electrons. The summed E-state index contributed by atoms with van der Waals surface area (Å²) in [5.74, 6) is -1.25. The van der Waals surface area contributed by atoms with Crippen LogP contribution in [0.15, 0.2) is 42.5 Å². The Hall–Kier alpha value is -2.38. The molecule has 6 nitrogen and oxygen atoms in total. The molecule has 3 rings (SSSR count). The fourth-order valence-corrected chi connectivity index (χ4v) is 2.60. The van der Waals surface area contributed by atoms with Gasteiger partial charge in [-0.3, -0.25) is 4.55 Å². The molecule has 0 spiro atoms. The fraction of sp³-hybridized carbons (Fsp3) is 0.133. The fourth-order valence-electron chi connectivity index (χ4n) is 2.30. The van der Waals surface area contributed by atoms with Gasteiger partial charge in [0.1, 0.15) is 12.4 Å². The van der Waals surface area contributed by atoms with Crippen LogP contribution in [0.1, 0.15) is 10.4 Å². The lowest BCUT2D eigenvalue weighted by Gasteiger charge is -2.03. The molecule has 0 aliphatic heterocycles. The molecule has 0 amide bonds. The SMILES string of the molecule is O=C(OCCS(=O)(=O)O)c1ccc2c(c1)[nH]c1ccccc12. The number of rotatable bonds is 4. The summed E-state index contributed by atoms with van der Waals surface area (Å²) in [4.78, 5) is 15.1. The second-order valence-corrected chi connectivity index (χ2v) is 6.42. The van der Waals surface area contributed by atoms with Crippen molar-refractivity contribution < 1.29 is 22.5 Å². The minimum Gasteiger partial charge on any atom is -0.461 e. The maximum atomic E-state index is 11.9. The molecule has 1 heterocycles. The first-order chi connectivity index (χ1) is 10.4. The van der Waals surface area contributed by atoms with Gasteiger partial charge in [0.05, 0.1) is 5.56 Å². The number of aromatic amines is 1. The van der Waals surface area contributed by atoms with Crippen molar-refractivity contribution in [2.45, 2.75) is 0 Å². The van der Waals surface area contributed by atoms with E-state index in [0.717, 1.165) is 21.8 Å². The first kappa shape index (κ1) is 14.6. The van der Waals surface area contributed by atoms with E-state index in [1.807, 2.05) is 30.3 Å². The van der Waals surface area contributed by atoms with Crippen molar-refractivity contribution in [2.24, 2.45) is 0 Å². The highest BCUT2D eigenvalue weighted by Crippen LogP contribution is 2.25. The molecule has 2 aromatic carbocycles. The van der Waals surface area contributed by atoms with Crippen molar-refractivity contribution in [3.05, 3.63) is 48.0 Å². The number of H-pyrrole nitrogens is 1. The lowest BCUT2D eigenvalue weighted by molar-refractivity contribution is 0.0528. The average molecular weight is 319 g/mol. The third-order valence-electron chi connectivity index (χ3n) is 3.32. The number of fused-ring (bicyclic) bond motifs is 3. The number of ether oxygens (including phenoxy) is 1. The molecule has 2 N–H and O–H groups in total. The summed E-state index contributed by atoms with van der Waals surface area (Å²) in [6.45, 7) is -0.387. The van der Waals surface area contributed by atoms with Crippen molar-refractivity contribution in [3.8, 4) is 0 Å². The minimum atomic E-state index is -4.14. The Morgan fingerprint density at radius 2 is 1.82 bits per heavy atom. The normalized spacial score (nSPS) is 11.9. The highest BCUT2D eigenvalue weighted by atomic mass is 32.2. The highest BCUT2D eigenvalue weighted by Gasteiger charge is 2.12. The summed E-state index contributed by atoms with van der Waals surface area (Å²) in [5, 5.41) is 2.05. The second kappa shape index (κ2) is 5.43. The number of esters is 1. The van der Waals surface area contributed by atoms with Crippen LogP contribution in [0.4, 0.5) is 0 Å². The predicted octanol–water partition coefficient (Wildman–Crippen LogP) is 2.37. The van der Waals surface area contributed by atoms with Gasteiger partial charge in [0.2, 0.25) is 0 Å². The Balaban J connectivity index is 1.85. The van der Waals surface area contributed by atoms with Crippen LogP contribution in [0.2, 0.25) is 0 Å². The number of hydrogen-bond acceptors (Lipinski definition) is 4. The number of aromatic nitrogens is 1. The van der Waals surface area contributed by atoms with Gasteiger partial charge >= 0.3 is 5.97 Å². The van der Waals surface area contributed by atoms with Crippen molar-refractivity contribution in [3.63, 3.8) is 0 Å². The Bertz CT molecular complexity index is 958. The van der Waals surface area contributed by atoms with Crippen LogP contribution < -0.4 is 0 Å². The van der Waals surface area contributed by atoms with E-state index in [9.17, 15) is 13.2 Å². The Labute approximate surface area is 126 Å². The van der Waals surface area contributed by atoms with E-state index in [1.54, 1.807) is 12.1 Å². The van der Waals surface area contributed by atoms with Crippen LogP contribution in [0.3, 0.4) is 0 Å². The van der Waals surface area contributed by atoms with Crippen molar-refractivity contribution in [2.75, 3.05) is 12.4 Å². The summed E-state index contributed by atoms with van der Waals surface area (Å²) in [5.41, 5.74) is 2.08. The van der Waals surface area contributed by atoms with Crippen LogP contribution in [0.25, 0.3) is 21.8 Å².